The van der Waals surface area contributed by atoms with Crippen molar-refractivity contribution >= 4 is 5.96 Å². The number of rotatable bonds is 11. The predicted molar refractivity (Wildman–Crippen MR) is 103 cm³/mol. The standard InChI is InChI=1S/C19H29N5O2/c1-20-19(22-7-4-10-26-12-11-25-2)23-14-17-5-3-6-18(13-17)15-24-9-8-21-16-24/h3,5-6,8-9,13,16H,4,7,10-12,14-15H2,1-2H3,(H2,20,22,23). The number of ether oxygens (including phenoxy) is 2. The molecule has 0 atom stereocenters. The molecule has 0 amide bonds. The molecule has 26 heavy (non-hydrogen) atoms. The Bertz CT molecular complexity index is 643. The van der Waals surface area contributed by atoms with E-state index >= 15 is 0 Å². The normalized spacial score (nSPS) is 11.5. The molecular formula is C19H29N5O2. The van der Waals surface area contributed by atoms with E-state index in [2.05, 4.69) is 49.4 Å². The van der Waals surface area contributed by atoms with E-state index in [0.29, 0.717) is 19.8 Å². The van der Waals surface area contributed by atoms with Crippen molar-refractivity contribution in [1.29, 1.82) is 0 Å². The minimum atomic E-state index is 0.635. The Morgan fingerprint density at radius 2 is 2.08 bits per heavy atom. The lowest BCUT2D eigenvalue weighted by Gasteiger charge is -2.13. The van der Waals surface area contributed by atoms with Crippen LogP contribution in [0.5, 0.6) is 0 Å². The average Bonchev–Trinajstić information content (AvgIpc) is 3.17. The van der Waals surface area contributed by atoms with Gasteiger partial charge in [-0.2, -0.15) is 0 Å². The van der Waals surface area contributed by atoms with E-state index in [1.54, 1.807) is 20.4 Å². The van der Waals surface area contributed by atoms with Crippen molar-refractivity contribution < 1.29 is 9.47 Å². The number of aliphatic imine (C=N–C) groups is 1. The summed E-state index contributed by atoms with van der Waals surface area (Å²) in [5.41, 5.74) is 2.46. The molecule has 2 N–H and O–H groups in total. The molecule has 1 aromatic heterocycles. The van der Waals surface area contributed by atoms with Crippen molar-refractivity contribution in [2.75, 3.05) is 40.5 Å². The molecule has 7 nitrogen and oxygen atoms in total. The minimum Gasteiger partial charge on any atom is -0.382 e. The summed E-state index contributed by atoms with van der Waals surface area (Å²) >= 11 is 0. The third-order valence-corrected chi connectivity index (χ3v) is 3.79. The first kappa shape index (κ1) is 19.9. The van der Waals surface area contributed by atoms with E-state index < -0.39 is 0 Å². The van der Waals surface area contributed by atoms with Gasteiger partial charge in [0.15, 0.2) is 5.96 Å². The average molecular weight is 359 g/mol. The first-order chi connectivity index (χ1) is 12.8. The number of hydrogen-bond donors (Lipinski definition) is 2. The maximum absolute atomic E-state index is 5.44. The number of benzene rings is 1. The summed E-state index contributed by atoms with van der Waals surface area (Å²) in [6.45, 7) is 4.35. The van der Waals surface area contributed by atoms with Crippen LogP contribution in [0.15, 0.2) is 48.0 Å². The Hall–Kier alpha value is -2.38. The molecule has 0 radical (unpaired) electrons. The van der Waals surface area contributed by atoms with E-state index in [9.17, 15) is 0 Å². The molecule has 142 valence electrons. The molecular weight excluding hydrogens is 330 g/mol. The Balaban J connectivity index is 1.69. The van der Waals surface area contributed by atoms with Crippen LogP contribution in [0.1, 0.15) is 17.5 Å². The molecule has 0 fully saturated rings. The van der Waals surface area contributed by atoms with E-state index in [4.69, 9.17) is 9.47 Å². The molecule has 1 aromatic carbocycles. The maximum atomic E-state index is 5.44. The van der Waals surface area contributed by atoms with Gasteiger partial charge in [0.25, 0.3) is 0 Å². The van der Waals surface area contributed by atoms with Gasteiger partial charge in [0.1, 0.15) is 0 Å². The lowest BCUT2D eigenvalue weighted by molar-refractivity contribution is 0.0698. The monoisotopic (exact) mass is 359 g/mol. The summed E-state index contributed by atoms with van der Waals surface area (Å²) in [6, 6.07) is 8.52. The van der Waals surface area contributed by atoms with Crippen LogP contribution < -0.4 is 10.6 Å². The molecule has 0 aliphatic carbocycles. The van der Waals surface area contributed by atoms with E-state index in [1.807, 2.05) is 12.5 Å². The number of guanidine groups is 1. The second-order valence-corrected chi connectivity index (χ2v) is 5.87. The fourth-order valence-electron chi connectivity index (χ4n) is 2.46. The first-order valence-electron chi connectivity index (χ1n) is 8.86. The number of nitrogens with one attached hydrogen (secondary N) is 2. The zero-order chi connectivity index (χ0) is 18.5. The van der Waals surface area contributed by atoms with Gasteiger partial charge in [-0.25, -0.2) is 4.98 Å². The highest BCUT2D eigenvalue weighted by atomic mass is 16.5. The van der Waals surface area contributed by atoms with E-state index in [0.717, 1.165) is 32.0 Å². The Morgan fingerprint density at radius 3 is 2.85 bits per heavy atom. The van der Waals surface area contributed by atoms with Gasteiger partial charge in [0, 0.05) is 52.8 Å². The van der Waals surface area contributed by atoms with Crippen molar-refractivity contribution in [2.24, 2.45) is 4.99 Å². The number of nitrogens with zero attached hydrogens (tertiary/aromatic N) is 3. The first-order valence-corrected chi connectivity index (χ1v) is 8.86. The Morgan fingerprint density at radius 1 is 1.19 bits per heavy atom. The molecule has 0 saturated carbocycles. The zero-order valence-corrected chi connectivity index (χ0v) is 15.6. The smallest absolute Gasteiger partial charge is 0.191 e. The molecule has 7 heteroatoms. The fraction of sp³-hybridized carbons (Fsp3) is 0.474. The third-order valence-electron chi connectivity index (χ3n) is 3.79. The number of methoxy groups -OCH3 is 1. The summed E-state index contributed by atoms with van der Waals surface area (Å²) in [7, 11) is 3.45. The van der Waals surface area contributed by atoms with Gasteiger partial charge in [-0.05, 0) is 17.5 Å². The van der Waals surface area contributed by atoms with Gasteiger partial charge >= 0.3 is 0 Å². The predicted octanol–water partition coefficient (Wildman–Crippen LogP) is 1.65. The maximum Gasteiger partial charge on any atom is 0.191 e. The molecule has 0 aliphatic heterocycles. The molecule has 0 saturated heterocycles. The topological polar surface area (TPSA) is 72.7 Å². The molecule has 0 spiro atoms. The second-order valence-electron chi connectivity index (χ2n) is 5.87. The van der Waals surface area contributed by atoms with Crippen molar-refractivity contribution in [3.8, 4) is 0 Å². The van der Waals surface area contributed by atoms with Crippen LogP contribution in [0, 0.1) is 0 Å². The largest absolute Gasteiger partial charge is 0.382 e. The van der Waals surface area contributed by atoms with Gasteiger partial charge < -0.3 is 24.7 Å². The quantitative estimate of drug-likeness (QED) is 0.363. The van der Waals surface area contributed by atoms with Crippen molar-refractivity contribution in [3.05, 3.63) is 54.1 Å². The van der Waals surface area contributed by atoms with Gasteiger partial charge in [-0.15, -0.1) is 0 Å². The fourth-order valence-corrected chi connectivity index (χ4v) is 2.46. The summed E-state index contributed by atoms with van der Waals surface area (Å²) in [4.78, 5) is 8.33. The lowest BCUT2D eigenvalue weighted by atomic mass is 10.1. The van der Waals surface area contributed by atoms with Crippen LogP contribution in [0.2, 0.25) is 0 Å². The number of hydrogen-bond acceptors (Lipinski definition) is 4. The second kappa shape index (κ2) is 12.1. The molecule has 0 unspecified atom stereocenters. The zero-order valence-electron chi connectivity index (χ0n) is 15.6. The van der Waals surface area contributed by atoms with Crippen LogP contribution in [-0.2, 0) is 22.6 Å². The highest BCUT2D eigenvalue weighted by molar-refractivity contribution is 5.79. The van der Waals surface area contributed by atoms with Gasteiger partial charge in [-0.1, -0.05) is 24.3 Å². The van der Waals surface area contributed by atoms with Crippen LogP contribution in [0.3, 0.4) is 0 Å². The van der Waals surface area contributed by atoms with Crippen molar-refractivity contribution in [2.45, 2.75) is 19.5 Å². The molecule has 2 aromatic rings. The van der Waals surface area contributed by atoms with Crippen molar-refractivity contribution in [3.63, 3.8) is 0 Å². The highest BCUT2D eigenvalue weighted by Crippen LogP contribution is 2.07. The van der Waals surface area contributed by atoms with Crippen molar-refractivity contribution in [1.82, 2.24) is 20.2 Å². The van der Waals surface area contributed by atoms with Gasteiger partial charge in [0.05, 0.1) is 19.5 Å². The molecule has 1 heterocycles. The number of aromatic nitrogens is 2. The van der Waals surface area contributed by atoms with Crippen LogP contribution in [0.25, 0.3) is 0 Å². The Kier molecular flexibility index (Phi) is 9.24. The lowest BCUT2D eigenvalue weighted by Crippen LogP contribution is -2.37. The highest BCUT2D eigenvalue weighted by Gasteiger charge is 2.00. The Labute approximate surface area is 155 Å². The van der Waals surface area contributed by atoms with Crippen LogP contribution >= 0.6 is 0 Å². The van der Waals surface area contributed by atoms with Gasteiger partial charge in [0.2, 0.25) is 0 Å². The van der Waals surface area contributed by atoms with E-state index in [1.165, 1.54) is 11.1 Å². The van der Waals surface area contributed by atoms with E-state index in [-0.39, 0.29) is 0 Å². The van der Waals surface area contributed by atoms with Gasteiger partial charge in [-0.3, -0.25) is 4.99 Å². The summed E-state index contributed by atoms with van der Waals surface area (Å²) < 4.78 is 12.4. The van der Waals surface area contributed by atoms with Crippen LogP contribution in [-0.4, -0.2) is 56.0 Å². The number of imidazole rings is 1. The minimum absolute atomic E-state index is 0.635. The summed E-state index contributed by atoms with van der Waals surface area (Å²) in [6.07, 6.45) is 6.51. The summed E-state index contributed by atoms with van der Waals surface area (Å²) in [5.74, 6) is 0.793. The molecule has 0 aliphatic rings. The SMILES string of the molecule is CN=C(NCCCOCCOC)NCc1cccc(Cn2ccnc2)c1. The third kappa shape index (κ3) is 7.67. The summed E-state index contributed by atoms with van der Waals surface area (Å²) in [5, 5.41) is 6.64. The molecule has 2 rings (SSSR count). The van der Waals surface area contributed by atoms with Crippen LogP contribution in [0.4, 0.5) is 0 Å². The molecule has 0 bridgehead atoms.